The number of rotatable bonds is 8. The second-order valence-corrected chi connectivity index (χ2v) is 7.93. The van der Waals surface area contributed by atoms with Crippen LogP contribution < -0.4 is 15.5 Å². The first-order valence-corrected chi connectivity index (χ1v) is 10.9. The zero-order chi connectivity index (χ0) is 21.2. The van der Waals surface area contributed by atoms with E-state index in [0.717, 1.165) is 64.1 Å². The molecule has 1 aromatic heterocycles. The highest BCUT2D eigenvalue weighted by Gasteiger charge is 2.18. The minimum Gasteiger partial charge on any atom is -0.356 e. The first kappa shape index (κ1) is 25.3. The minimum absolute atomic E-state index is 0. The molecule has 2 N–H and O–H groups in total. The molecule has 1 fully saturated rings. The normalized spacial score (nSPS) is 15.8. The Morgan fingerprint density at radius 2 is 1.84 bits per heavy atom. The summed E-state index contributed by atoms with van der Waals surface area (Å²) in [6.07, 6.45) is 4.71. The van der Waals surface area contributed by atoms with Gasteiger partial charge in [0, 0.05) is 58.7 Å². The Hall–Kier alpha value is -1.94. The lowest BCUT2D eigenvalue weighted by Gasteiger charge is -2.34. The van der Waals surface area contributed by atoms with Gasteiger partial charge in [-0.1, -0.05) is 36.8 Å². The Kier molecular flexibility index (Phi) is 11.0. The van der Waals surface area contributed by atoms with Gasteiger partial charge in [0.15, 0.2) is 5.96 Å². The van der Waals surface area contributed by atoms with Crippen molar-refractivity contribution in [2.24, 2.45) is 4.99 Å². The van der Waals surface area contributed by atoms with E-state index in [1.165, 1.54) is 11.1 Å². The Labute approximate surface area is 203 Å². The fourth-order valence-corrected chi connectivity index (χ4v) is 3.70. The summed E-state index contributed by atoms with van der Waals surface area (Å²) < 4.78 is 0. The molecule has 31 heavy (non-hydrogen) atoms. The highest BCUT2D eigenvalue weighted by molar-refractivity contribution is 14.0. The smallest absolute Gasteiger partial charge is 0.225 e. The van der Waals surface area contributed by atoms with E-state index >= 15 is 0 Å². The topological polar surface area (TPSA) is 68.7 Å². The van der Waals surface area contributed by atoms with Gasteiger partial charge in [0.05, 0.1) is 0 Å². The van der Waals surface area contributed by atoms with Gasteiger partial charge in [-0.15, -0.1) is 24.0 Å². The third kappa shape index (κ3) is 8.25. The molecule has 170 valence electrons. The molecule has 0 spiro atoms. The molecule has 1 aliphatic heterocycles. The number of nitrogens with zero attached hydrogens (tertiary/aromatic N) is 5. The van der Waals surface area contributed by atoms with E-state index in [-0.39, 0.29) is 24.0 Å². The van der Waals surface area contributed by atoms with Crippen molar-refractivity contribution in [3.63, 3.8) is 0 Å². The SMILES string of the molecule is CN=C(NCCCN1CCN(c2ncccn2)CC1)NCC(C)c1cccc(C)c1.I. The van der Waals surface area contributed by atoms with Crippen molar-refractivity contribution < 1.29 is 0 Å². The average Bonchev–Trinajstić information content (AvgIpc) is 2.79. The summed E-state index contributed by atoms with van der Waals surface area (Å²) >= 11 is 0. The predicted molar refractivity (Wildman–Crippen MR) is 140 cm³/mol. The number of anilines is 1. The molecule has 0 amide bonds. The van der Waals surface area contributed by atoms with E-state index < -0.39 is 0 Å². The molecule has 0 bridgehead atoms. The van der Waals surface area contributed by atoms with Gasteiger partial charge in [0.1, 0.15) is 0 Å². The summed E-state index contributed by atoms with van der Waals surface area (Å²) in [7, 11) is 1.83. The third-order valence-corrected chi connectivity index (χ3v) is 5.56. The molecule has 0 radical (unpaired) electrons. The second-order valence-electron chi connectivity index (χ2n) is 7.93. The molecular weight excluding hydrogens is 501 g/mol. The maximum Gasteiger partial charge on any atom is 0.225 e. The lowest BCUT2D eigenvalue weighted by Crippen LogP contribution is -2.47. The zero-order valence-electron chi connectivity index (χ0n) is 18.9. The molecule has 1 atom stereocenters. The van der Waals surface area contributed by atoms with Crippen molar-refractivity contribution in [2.75, 3.05) is 57.8 Å². The molecule has 1 aromatic carbocycles. The summed E-state index contributed by atoms with van der Waals surface area (Å²) in [6.45, 7) is 11.3. The van der Waals surface area contributed by atoms with Gasteiger partial charge >= 0.3 is 0 Å². The number of guanidine groups is 1. The van der Waals surface area contributed by atoms with Crippen LogP contribution in [0, 0.1) is 6.92 Å². The molecule has 2 heterocycles. The van der Waals surface area contributed by atoms with E-state index in [4.69, 9.17) is 0 Å². The maximum atomic E-state index is 4.36. The van der Waals surface area contributed by atoms with Gasteiger partial charge in [0.2, 0.25) is 5.95 Å². The summed E-state index contributed by atoms with van der Waals surface area (Å²) in [5.41, 5.74) is 2.66. The van der Waals surface area contributed by atoms with Crippen molar-refractivity contribution in [3.05, 3.63) is 53.9 Å². The van der Waals surface area contributed by atoms with Crippen LogP contribution in [0.5, 0.6) is 0 Å². The standard InChI is InChI=1S/C23H35N7.HI/c1-19-7-4-8-21(17-19)20(2)18-28-22(24-3)25-11-6-12-29-13-15-30(16-14-29)23-26-9-5-10-27-23;/h4-5,7-10,17,20H,6,11-16,18H2,1-3H3,(H2,24,25,28);1H. The van der Waals surface area contributed by atoms with Crippen molar-refractivity contribution in [1.82, 2.24) is 25.5 Å². The number of aromatic nitrogens is 2. The molecule has 3 rings (SSSR count). The highest BCUT2D eigenvalue weighted by atomic mass is 127. The van der Waals surface area contributed by atoms with Gasteiger partial charge in [-0.25, -0.2) is 9.97 Å². The summed E-state index contributed by atoms with van der Waals surface area (Å²) in [6, 6.07) is 10.6. The summed E-state index contributed by atoms with van der Waals surface area (Å²) in [5.74, 6) is 2.16. The molecule has 1 saturated heterocycles. The Bertz CT molecular complexity index is 792. The van der Waals surface area contributed by atoms with Crippen LogP contribution in [-0.4, -0.2) is 73.7 Å². The van der Waals surface area contributed by atoms with Crippen molar-refractivity contribution in [1.29, 1.82) is 0 Å². The number of hydrogen-bond acceptors (Lipinski definition) is 5. The molecule has 8 heteroatoms. The predicted octanol–water partition coefficient (Wildman–Crippen LogP) is 2.88. The van der Waals surface area contributed by atoms with Crippen LogP contribution in [0.3, 0.4) is 0 Å². The second kappa shape index (κ2) is 13.5. The molecule has 1 aliphatic rings. The largest absolute Gasteiger partial charge is 0.356 e. The number of nitrogens with one attached hydrogen (secondary N) is 2. The number of hydrogen-bond donors (Lipinski definition) is 2. The van der Waals surface area contributed by atoms with Crippen molar-refractivity contribution in [3.8, 4) is 0 Å². The van der Waals surface area contributed by atoms with Crippen LogP contribution in [0.4, 0.5) is 5.95 Å². The van der Waals surface area contributed by atoms with Crippen LogP contribution >= 0.6 is 24.0 Å². The molecular formula is C23H36IN7. The lowest BCUT2D eigenvalue weighted by molar-refractivity contribution is 0.254. The quantitative estimate of drug-likeness (QED) is 0.234. The minimum atomic E-state index is 0. The van der Waals surface area contributed by atoms with Gasteiger partial charge in [-0.3, -0.25) is 9.89 Å². The first-order chi connectivity index (χ1) is 14.7. The Balaban J connectivity index is 0.00000341. The monoisotopic (exact) mass is 537 g/mol. The van der Waals surface area contributed by atoms with E-state index in [1.807, 2.05) is 25.5 Å². The average molecular weight is 537 g/mol. The van der Waals surface area contributed by atoms with Gasteiger partial charge in [0.25, 0.3) is 0 Å². The van der Waals surface area contributed by atoms with E-state index in [0.29, 0.717) is 5.92 Å². The first-order valence-electron chi connectivity index (χ1n) is 10.9. The summed E-state index contributed by atoms with van der Waals surface area (Å²) in [5, 5.41) is 6.90. The van der Waals surface area contributed by atoms with E-state index in [9.17, 15) is 0 Å². The van der Waals surface area contributed by atoms with E-state index in [1.54, 1.807) is 0 Å². The zero-order valence-corrected chi connectivity index (χ0v) is 21.3. The van der Waals surface area contributed by atoms with Gasteiger partial charge < -0.3 is 15.5 Å². The molecule has 1 unspecified atom stereocenters. The van der Waals surface area contributed by atoms with Crippen molar-refractivity contribution in [2.45, 2.75) is 26.2 Å². The lowest BCUT2D eigenvalue weighted by atomic mass is 9.99. The van der Waals surface area contributed by atoms with Gasteiger partial charge in [-0.2, -0.15) is 0 Å². The van der Waals surface area contributed by atoms with Crippen LogP contribution in [0.2, 0.25) is 0 Å². The van der Waals surface area contributed by atoms with Crippen LogP contribution in [0.15, 0.2) is 47.7 Å². The van der Waals surface area contributed by atoms with Crippen molar-refractivity contribution >= 4 is 35.9 Å². The number of piperazine rings is 1. The van der Waals surface area contributed by atoms with Gasteiger partial charge in [-0.05, 0) is 37.4 Å². The molecule has 0 saturated carbocycles. The number of benzene rings is 1. The molecule has 2 aromatic rings. The number of aliphatic imine (C=N–C) groups is 1. The van der Waals surface area contributed by atoms with E-state index in [2.05, 4.69) is 73.5 Å². The maximum absolute atomic E-state index is 4.36. The molecule has 7 nitrogen and oxygen atoms in total. The highest BCUT2D eigenvalue weighted by Crippen LogP contribution is 2.15. The third-order valence-electron chi connectivity index (χ3n) is 5.56. The fourth-order valence-electron chi connectivity index (χ4n) is 3.70. The fraction of sp³-hybridized carbons (Fsp3) is 0.522. The van der Waals surface area contributed by atoms with Crippen LogP contribution in [-0.2, 0) is 0 Å². The van der Waals surface area contributed by atoms with Crippen LogP contribution in [0.1, 0.15) is 30.4 Å². The number of aryl methyl sites for hydroxylation is 1. The molecule has 0 aliphatic carbocycles. The Morgan fingerprint density at radius 3 is 2.52 bits per heavy atom. The van der Waals surface area contributed by atoms with Crippen LogP contribution in [0.25, 0.3) is 0 Å². The Morgan fingerprint density at radius 1 is 1.10 bits per heavy atom. The number of halogens is 1. The summed E-state index contributed by atoms with van der Waals surface area (Å²) in [4.78, 5) is 17.8.